The minimum absolute atomic E-state index is 0.0741. The molecule has 1 aromatic heterocycles. The molecular formula is C19H18N4O2. The van der Waals surface area contributed by atoms with Crippen LogP contribution in [0.4, 0.5) is 11.4 Å². The van der Waals surface area contributed by atoms with Gasteiger partial charge in [0.2, 0.25) is 0 Å². The Bertz CT molecular complexity index is 934. The van der Waals surface area contributed by atoms with Gasteiger partial charge < -0.3 is 15.0 Å². The zero-order valence-corrected chi connectivity index (χ0v) is 14.0. The van der Waals surface area contributed by atoms with Crippen LogP contribution in [0.1, 0.15) is 27.9 Å². The van der Waals surface area contributed by atoms with Crippen molar-refractivity contribution in [3.8, 4) is 5.75 Å². The number of aromatic nitrogens is 2. The number of ether oxygens (including phenoxy) is 1. The van der Waals surface area contributed by atoms with Gasteiger partial charge >= 0.3 is 0 Å². The molecule has 0 unspecified atom stereocenters. The maximum atomic E-state index is 13.2. The van der Waals surface area contributed by atoms with Crippen LogP contribution in [-0.2, 0) is 0 Å². The van der Waals surface area contributed by atoms with E-state index in [4.69, 9.17) is 4.74 Å². The number of nitrogens with one attached hydrogen (secondary N) is 2. The first kappa shape index (κ1) is 15.3. The number of carbonyl (C=O) groups is 1. The molecule has 0 fully saturated rings. The molecule has 0 saturated heterocycles. The highest BCUT2D eigenvalue weighted by atomic mass is 16.5. The van der Waals surface area contributed by atoms with E-state index in [-0.39, 0.29) is 5.91 Å². The second-order valence-corrected chi connectivity index (χ2v) is 5.88. The van der Waals surface area contributed by atoms with Crippen molar-refractivity contribution in [2.45, 2.75) is 13.1 Å². The Morgan fingerprint density at radius 2 is 2.00 bits per heavy atom. The van der Waals surface area contributed by atoms with Crippen molar-refractivity contribution in [2.24, 2.45) is 0 Å². The molecular weight excluding hydrogens is 316 g/mol. The van der Waals surface area contributed by atoms with Crippen molar-refractivity contribution in [1.29, 1.82) is 0 Å². The van der Waals surface area contributed by atoms with Gasteiger partial charge in [-0.15, -0.1) is 0 Å². The molecule has 0 saturated carbocycles. The van der Waals surface area contributed by atoms with E-state index in [1.807, 2.05) is 55.5 Å². The summed E-state index contributed by atoms with van der Waals surface area (Å²) in [6, 6.07) is 15.0. The summed E-state index contributed by atoms with van der Waals surface area (Å²) in [6.07, 6.45) is 1.24. The number of benzene rings is 2. The van der Waals surface area contributed by atoms with Gasteiger partial charge in [0.05, 0.1) is 24.7 Å². The summed E-state index contributed by atoms with van der Waals surface area (Å²) in [5, 5.41) is 3.44. The standard InChI is InChI=1S/C19H18N4O2/c1-12-17(21-11-20-12)18-22-16-9-4-3-8-15(16)19(24)23(18)13-6-5-7-14(10-13)25-2/h3-11,18,22H,1-2H3,(H,20,21)/t18-/m1/s1. The Balaban J connectivity index is 1.88. The number of H-pyrrole nitrogens is 1. The van der Waals surface area contributed by atoms with E-state index in [2.05, 4.69) is 15.3 Å². The van der Waals surface area contributed by atoms with E-state index in [1.165, 1.54) is 0 Å². The first-order valence-electron chi connectivity index (χ1n) is 8.02. The molecule has 1 aliphatic heterocycles. The minimum Gasteiger partial charge on any atom is -0.497 e. The molecule has 126 valence electrons. The molecule has 0 radical (unpaired) electrons. The number of rotatable bonds is 3. The van der Waals surface area contributed by atoms with Gasteiger partial charge in [0, 0.05) is 17.4 Å². The average molecular weight is 334 g/mol. The zero-order chi connectivity index (χ0) is 17.4. The summed E-state index contributed by atoms with van der Waals surface area (Å²) in [5.41, 5.74) is 3.89. The molecule has 4 rings (SSSR count). The van der Waals surface area contributed by atoms with Crippen molar-refractivity contribution in [3.05, 3.63) is 71.8 Å². The molecule has 1 amide bonds. The van der Waals surface area contributed by atoms with Crippen molar-refractivity contribution in [2.75, 3.05) is 17.3 Å². The molecule has 6 nitrogen and oxygen atoms in total. The van der Waals surface area contributed by atoms with Gasteiger partial charge in [0.15, 0.2) is 6.17 Å². The fourth-order valence-electron chi connectivity index (χ4n) is 3.12. The molecule has 2 N–H and O–H groups in total. The van der Waals surface area contributed by atoms with Crippen LogP contribution in [0.2, 0.25) is 0 Å². The molecule has 3 aromatic rings. The third-order valence-corrected chi connectivity index (χ3v) is 4.39. The number of amides is 1. The number of hydrogen-bond acceptors (Lipinski definition) is 4. The van der Waals surface area contributed by atoms with Crippen LogP contribution in [0.25, 0.3) is 0 Å². The highest BCUT2D eigenvalue weighted by Gasteiger charge is 2.35. The fourth-order valence-corrected chi connectivity index (χ4v) is 3.12. The third-order valence-electron chi connectivity index (χ3n) is 4.39. The average Bonchev–Trinajstić information content (AvgIpc) is 3.07. The molecule has 6 heteroatoms. The van der Waals surface area contributed by atoms with Crippen molar-refractivity contribution < 1.29 is 9.53 Å². The first-order chi connectivity index (χ1) is 12.2. The van der Waals surface area contributed by atoms with Crippen LogP contribution in [0.5, 0.6) is 5.75 Å². The summed E-state index contributed by atoms with van der Waals surface area (Å²) in [5.74, 6) is 0.622. The van der Waals surface area contributed by atoms with Gasteiger partial charge in [-0.2, -0.15) is 0 Å². The maximum Gasteiger partial charge on any atom is 0.262 e. The molecule has 0 aliphatic carbocycles. The normalized spacial score (nSPS) is 16.3. The predicted octanol–water partition coefficient (Wildman–Crippen LogP) is 3.50. The van der Waals surface area contributed by atoms with Crippen LogP contribution in [0.15, 0.2) is 54.9 Å². The molecule has 0 bridgehead atoms. The SMILES string of the molecule is COc1cccc(N2C(=O)c3ccccc3N[C@H]2c2nc[nH]c2C)c1. The largest absolute Gasteiger partial charge is 0.497 e. The Morgan fingerprint density at radius 3 is 2.76 bits per heavy atom. The number of aryl methyl sites for hydroxylation is 1. The molecule has 0 spiro atoms. The van der Waals surface area contributed by atoms with Crippen molar-refractivity contribution >= 4 is 17.3 Å². The summed E-state index contributed by atoms with van der Waals surface area (Å²) in [4.78, 5) is 22.5. The highest BCUT2D eigenvalue weighted by molar-refractivity contribution is 6.12. The number of aromatic amines is 1. The van der Waals surface area contributed by atoms with E-state index in [9.17, 15) is 4.79 Å². The smallest absolute Gasteiger partial charge is 0.262 e. The summed E-state index contributed by atoms with van der Waals surface area (Å²) in [6.45, 7) is 1.94. The zero-order valence-electron chi connectivity index (χ0n) is 14.0. The number of fused-ring (bicyclic) bond motifs is 1. The van der Waals surface area contributed by atoms with Crippen LogP contribution < -0.4 is 15.0 Å². The number of para-hydroxylation sites is 1. The molecule has 1 aliphatic rings. The lowest BCUT2D eigenvalue weighted by atomic mass is 10.0. The number of methoxy groups -OCH3 is 1. The van der Waals surface area contributed by atoms with E-state index >= 15 is 0 Å². The van der Waals surface area contributed by atoms with Gasteiger partial charge in [0.1, 0.15) is 11.4 Å². The van der Waals surface area contributed by atoms with Crippen molar-refractivity contribution in [1.82, 2.24) is 9.97 Å². The number of anilines is 2. The highest BCUT2D eigenvalue weighted by Crippen LogP contribution is 2.37. The van der Waals surface area contributed by atoms with Gasteiger partial charge in [-0.3, -0.25) is 9.69 Å². The summed E-state index contributed by atoms with van der Waals surface area (Å²) in [7, 11) is 1.61. The lowest BCUT2D eigenvalue weighted by Crippen LogP contribution is -2.43. The molecule has 2 heterocycles. The fraction of sp³-hybridized carbons (Fsp3) is 0.158. The maximum absolute atomic E-state index is 13.2. The van der Waals surface area contributed by atoms with Gasteiger partial charge in [-0.1, -0.05) is 18.2 Å². The van der Waals surface area contributed by atoms with E-state index in [0.29, 0.717) is 11.3 Å². The van der Waals surface area contributed by atoms with Crippen LogP contribution in [-0.4, -0.2) is 23.0 Å². The predicted molar refractivity (Wildman–Crippen MR) is 95.9 cm³/mol. The van der Waals surface area contributed by atoms with Crippen LogP contribution >= 0.6 is 0 Å². The molecule has 1 atom stereocenters. The van der Waals surface area contributed by atoms with Crippen LogP contribution in [0, 0.1) is 6.92 Å². The van der Waals surface area contributed by atoms with Crippen LogP contribution in [0.3, 0.4) is 0 Å². The van der Waals surface area contributed by atoms with Gasteiger partial charge in [-0.05, 0) is 31.2 Å². The Morgan fingerprint density at radius 1 is 1.16 bits per heavy atom. The Hall–Kier alpha value is -3.28. The number of carbonyl (C=O) groups excluding carboxylic acids is 1. The number of nitrogens with zero attached hydrogens (tertiary/aromatic N) is 2. The van der Waals surface area contributed by atoms with E-state index in [0.717, 1.165) is 22.8 Å². The topological polar surface area (TPSA) is 70.2 Å². The third kappa shape index (κ3) is 2.52. The van der Waals surface area contributed by atoms with E-state index < -0.39 is 6.17 Å². The summed E-state index contributed by atoms with van der Waals surface area (Å²) >= 11 is 0. The lowest BCUT2D eigenvalue weighted by molar-refractivity contribution is 0.0974. The molecule has 2 aromatic carbocycles. The Labute approximate surface area is 145 Å². The minimum atomic E-state index is -0.402. The second kappa shape index (κ2) is 5.98. The van der Waals surface area contributed by atoms with E-state index in [1.54, 1.807) is 18.3 Å². The second-order valence-electron chi connectivity index (χ2n) is 5.88. The number of hydrogen-bond donors (Lipinski definition) is 2. The molecule has 25 heavy (non-hydrogen) atoms. The van der Waals surface area contributed by atoms with Crippen molar-refractivity contribution in [3.63, 3.8) is 0 Å². The lowest BCUT2D eigenvalue weighted by Gasteiger charge is -2.37. The number of imidazole rings is 1. The summed E-state index contributed by atoms with van der Waals surface area (Å²) < 4.78 is 5.32. The Kier molecular flexibility index (Phi) is 3.65. The quantitative estimate of drug-likeness (QED) is 0.769. The van der Waals surface area contributed by atoms with Gasteiger partial charge in [0.25, 0.3) is 5.91 Å². The monoisotopic (exact) mass is 334 g/mol. The first-order valence-corrected chi connectivity index (χ1v) is 8.02. The van der Waals surface area contributed by atoms with Gasteiger partial charge in [-0.25, -0.2) is 4.98 Å².